The number of hydrogen-bond acceptors (Lipinski definition) is 3. The van der Waals surface area contributed by atoms with E-state index in [0.717, 1.165) is 6.54 Å². The fraction of sp³-hybridized carbons (Fsp3) is 0.538. The molecular formula is C13H20N2S. The van der Waals surface area contributed by atoms with Crippen molar-refractivity contribution in [1.29, 1.82) is 0 Å². The Morgan fingerprint density at radius 2 is 2.06 bits per heavy atom. The predicted octanol–water partition coefficient (Wildman–Crippen LogP) is 2.95. The fourth-order valence-electron chi connectivity index (χ4n) is 2.41. The lowest BCUT2D eigenvalue weighted by Crippen LogP contribution is -2.29. The van der Waals surface area contributed by atoms with Gasteiger partial charge in [-0.2, -0.15) is 0 Å². The van der Waals surface area contributed by atoms with Gasteiger partial charge in [0.1, 0.15) is 0 Å². The minimum atomic E-state index is 0.574. The summed E-state index contributed by atoms with van der Waals surface area (Å²) in [7, 11) is 0. The largest absolute Gasteiger partial charge is 0.382 e. The van der Waals surface area contributed by atoms with Gasteiger partial charge in [0.2, 0.25) is 0 Å². The Morgan fingerprint density at radius 1 is 1.31 bits per heavy atom. The molecule has 0 spiro atoms. The van der Waals surface area contributed by atoms with Crippen LogP contribution in [-0.4, -0.2) is 18.8 Å². The van der Waals surface area contributed by atoms with Crippen LogP contribution in [0.2, 0.25) is 0 Å². The SMILES string of the molecule is CSc1ccc(NC2CCCC2CN)cc1. The third kappa shape index (κ3) is 2.71. The summed E-state index contributed by atoms with van der Waals surface area (Å²) in [6, 6.07) is 9.24. The summed E-state index contributed by atoms with van der Waals surface area (Å²) in [5, 5.41) is 3.60. The van der Waals surface area contributed by atoms with Crippen LogP contribution in [0.3, 0.4) is 0 Å². The van der Waals surface area contributed by atoms with Gasteiger partial charge in [0, 0.05) is 16.6 Å². The van der Waals surface area contributed by atoms with Crippen molar-refractivity contribution in [3.05, 3.63) is 24.3 Å². The molecule has 0 heterocycles. The first kappa shape index (κ1) is 11.8. The zero-order valence-electron chi connectivity index (χ0n) is 9.78. The minimum absolute atomic E-state index is 0.574. The zero-order valence-corrected chi connectivity index (χ0v) is 10.6. The Labute approximate surface area is 102 Å². The van der Waals surface area contributed by atoms with E-state index in [-0.39, 0.29) is 0 Å². The van der Waals surface area contributed by atoms with Crippen molar-refractivity contribution in [2.75, 3.05) is 18.1 Å². The van der Waals surface area contributed by atoms with Gasteiger partial charge in [0.25, 0.3) is 0 Å². The molecule has 3 heteroatoms. The van der Waals surface area contributed by atoms with Gasteiger partial charge in [0.15, 0.2) is 0 Å². The molecule has 0 amide bonds. The van der Waals surface area contributed by atoms with E-state index >= 15 is 0 Å². The first-order valence-corrected chi connectivity index (χ1v) is 7.16. The van der Waals surface area contributed by atoms with E-state index < -0.39 is 0 Å². The summed E-state index contributed by atoms with van der Waals surface area (Å²) in [5.41, 5.74) is 7.01. The maximum atomic E-state index is 5.78. The second kappa shape index (κ2) is 5.60. The van der Waals surface area contributed by atoms with Crippen molar-refractivity contribution in [3.8, 4) is 0 Å². The van der Waals surface area contributed by atoms with Gasteiger partial charge in [-0.25, -0.2) is 0 Å². The normalized spacial score (nSPS) is 24.6. The number of benzene rings is 1. The number of rotatable bonds is 4. The molecule has 1 aromatic rings. The van der Waals surface area contributed by atoms with Crippen molar-refractivity contribution in [1.82, 2.24) is 0 Å². The standard InChI is InChI=1S/C13H20N2S/c1-16-12-7-5-11(6-8-12)15-13-4-2-3-10(13)9-14/h5-8,10,13,15H,2-4,9,14H2,1H3. The van der Waals surface area contributed by atoms with E-state index in [1.165, 1.54) is 29.8 Å². The summed E-state index contributed by atoms with van der Waals surface area (Å²) in [5.74, 6) is 0.653. The molecule has 1 aliphatic carbocycles. The third-order valence-corrected chi connectivity index (χ3v) is 4.15. The molecule has 1 aromatic carbocycles. The molecular weight excluding hydrogens is 216 g/mol. The van der Waals surface area contributed by atoms with Crippen LogP contribution in [0.1, 0.15) is 19.3 Å². The van der Waals surface area contributed by atoms with Crippen molar-refractivity contribution >= 4 is 17.4 Å². The van der Waals surface area contributed by atoms with Crippen LogP contribution >= 0.6 is 11.8 Å². The van der Waals surface area contributed by atoms with Crippen LogP contribution in [0, 0.1) is 5.92 Å². The lowest BCUT2D eigenvalue weighted by Gasteiger charge is -2.20. The molecule has 16 heavy (non-hydrogen) atoms. The highest BCUT2D eigenvalue weighted by atomic mass is 32.2. The highest BCUT2D eigenvalue weighted by molar-refractivity contribution is 7.98. The van der Waals surface area contributed by atoms with E-state index in [9.17, 15) is 0 Å². The van der Waals surface area contributed by atoms with Crippen LogP contribution in [0.5, 0.6) is 0 Å². The van der Waals surface area contributed by atoms with E-state index in [4.69, 9.17) is 5.73 Å². The monoisotopic (exact) mass is 236 g/mol. The van der Waals surface area contributed by atoms with Crippen molar-refractivity contribution in [2.45, 2.75) is 30.2 Å². The minimum Gasteiger partial charge on any atom is -0.382 e. The first-order chi connectivity index (χ1) is 7.83. The van der Waals surface area contributed by atoms with E-state index in [1.54, 1.807) is 11.8 Å². The van der Waals surface area contributed by atoms with Crippen LogP contribution in [0.4, 0.5) is 5.69 Å². The van der Waals surface area contributed by atoms with Crippen LogP contribution in [-0.2, 0) is 0 Å². The Hall–Kier alpha value is -0.670. The highest BCUT2D eigenvalue weighted by Gasteiger charge is 2.25. The smallest absolute Gasteiger partial charge is 0.0343 e. The molecule has 1 saturated carbocycles. The van der Waals surface area contributed by atoms with Crippen molar-refractivity contribution in [3.63, 3.8) is 0 Å². The fourth-order valence-corrected chi connectivity index (χ4v) is 2.82. The molecule has 88 valence electrons. The van der Waals surface area contributed by atoms with E-state index in [1.807, 2.05) is 0 Å². The summed E-state index contributed by atoms with van der Waals surface area (Å²) in [6.45, 7) is 0.806. The summed E-state index contributed by atoms with van der Waals surface area (Å²) < 4.78 is 0. The lowest BCUT2D eigenvalue weighted by atomic mass is 10.0. The zero-order chi connectivity index (χ0) is 11.4. The third-order valence-electron chi connectivity index (χ3n) is 3.40. The molecule has 2 nitrogen and oxygen atoms in total. The van der Waals surface area contributed by atoms with Gasteiger partial charge in [-0.05, 0) is 55.8 Å². The van der Waals surface area contributed by atoms with Gasteiger partial charge in [0.05, 0.1) is 0 Å². The van der Waals surface area contributed by atoms with E-state index in [2.05, 4.69) is 35.8 Å². The van der Waals surface area contributed by atoms with Gasteiger partial charge in [-0.1, -0.05) is 6.42 Å². The molecule has 2 unspecified atom stereocenters. The quantitative estimate of drug-likeness (QED) is 0.789. The average Bonchev–Trinajstić information content (AvgIpc) is 2.77. The summed E-state index contributed by atoms with van der Waals surface area (Å²) >= 11 is 1.78. The highest BCUT2D eigenvalue weighted by Crippen LogP contribution is 2.28. The number of nitrogens with two attached hydrogens (primary N) is 1. The van der Waals surface area contributed by atoms with E-state index in [0.29, 0.717) is 12.0 Å². The molecule has 0 aromatic heterocycles. The van der Waals surface area contributed by atoms with Crippen molar-refractivity contribution in [2.24, 2.45) is 11.7 Å². The first-order valence-electron chi connectivity index (χ1n) is 5.94. The average molecular weight is 236 g/mol. The van der Waals surface area contributed by atoms with Gasteiger partial charge in [-0.15, -0.1) is 11.8 Å². The topological polar surface area (TPSA) is 38.0 Å². The molecule has 0 saturated heterocycles. The van der Waals surface area contributed by atoms with Gasteiger partial charge in [-0.3, -0.25) is 0 Å². The Kier molecular flexibility index (Phi) is 4.13. The molecule has 1 fully saturated rings. The molecule has 1 aliphatic rings. The maximum absolute atomic E-state index is 5.78. The molecule has 2 atom stereocenters. The number of nitrogens with one attached hydrogen (secondary N) is 1. The molecule has 2 rings (SSSR count). The second-order valence-electron chi connectivity index (χ2n) is 4.41. The van der Waals surface area contributed by atoms with Crippen LogP contribution in [0.25, 0.3) is 0 Å². The second-order valence-corrected chi connectivity index (χ2v) is 5.29. The predicted molar refractivity (Wildman–Crippen MR) is 72.0 cm³/mol. The Bertz CT molecular complexity index is 323. The molecule has 3 N–H and O–H groups in total. The van der Waals surface area contributed by atoms with Gasteiger partial charge >= 0.3 is 0 Å². The van der Waals surface area contributed by atoms with Gasteiger partial charge < -0.3 is 11.1 Å². The number of hydrogen-bond donors (Lipinski definition) is 2. The molecule has 0 radical (unpaired) electrons. The molecule has 0 bridgehead atoms. The summed E-state index contributed by atoms with van der Waals surface area (Å²) in [4.78, 5) is 1.31. The van der Waals surface area contributed by atoms with Crippen molar-refractivity contribution < 1.29 is 0 Å². The Balaban J connectivity index is 1.97. The number of thioether (sulfide) groups is 1. The van der Waals surface area contributed by atoms with Crippen LogP contribution in [0.15, 0.2) is 29.2 Å². The molecule has 0 aliphatic heterocycles. The lowest BCUT2D eigenvalue weighted by molar-refractivity contribution is 0.516. The number of anilines is 1. The Morgan fingerprint density at radius 3 is 2.69 bits per heavy atom. The summed E-state index contributed by atoms with van der Waals surface area (Å²) in [6.07, 6.45) is 5.94. The maximum Gasteiger partial charge on any atom is 0.0343 e. The van der Waals surface area contributed by atoms with Crippen LogP contribution < -0.4 is 11.1 Å².